The van der Waals surface area contributed by atoms with Gasteiger partial charge in [0.25, 0.3) is 5.67 Å². The van der Waals surface area contributed by atoms with Gasteiger partial charge in [-0.3, -0.25) is 9.48 Å². The molecule has 2 aromatic rings. The first-order valence-corrected chi connectivity index (χ1v) is 20.3. The maximum atomic E-state index is 16.8. The largest absolute Gasteiger partial charge is 2.00 e. The fourth-order valence-electron chi connectivity index (χ4n) is 8.34. The van der Waals surface area contributed by atoms with E-state index in [0.717, 1.165) is 12.5 Å². The van der Waals surface area contributed by atoms with Crippen molar-refractivity contribution >= 4 is 23.5 Å². The number of carbonyl (C=O) groups is 3. The van der Waals surface area contributed by atoms with Crippen LogP contribution in [0, 0.1) is 18.8 Å². The number of unbranched alkanes of at least 4 members (excludes halogenated alkanes) is 1. The first kappa shape index (κ1) is 50.2. The Morgan fingerprint density at radius 3 is 2.49 bits per heavy atom. The second-order valence-corrected chi connectivity index (χ2v) is 16.4. The van der Waals surface area contributed by atoms with Gasteiger partial charge in [0.1, 0.15) is 23.5 Å². The van der Waals surface area contributed by atoms with Crippen molar-refractivity contribution in [2.24, 2.45) is 5.92 Å². The number of aliphatic hydroxyl groups is 1. The van der Waals surface area contributed by atoms with Crippen molar-refractivity contribution in [1.29, 1.82) is 0 Å². The van der Waals surface area contributed by atoms with E-state index >= 15 is 4.39 Å². The number of esters is 1. The number of amides is 1. The standard InChI is InChI=1S/C42H65FN6O9.V/c1-12-20-40(6,54-11)36(57-37-34(50)31(47(9)10)23-26(4)55-37)27(5)35(51)41(7,43)38(52)56-33(14-3)42(8)32(13-2)49(39(53)58-42)22-16-15-21-48-25-30(45-46-48)28-18-17-19-29(44)24-28;/h12-13,17-19,24-27,31-34,36-37,50H,14-16,20-23,44H2,1-11H3;/q-2;+2/t26-,27+,31+,32?,33-,34-,36-,37+,40+,41+,42+;/m1./s1. The summed E-state index contributed by atoms with van der Waals surface area (Å²) in [5, 5.41) is 19.7. The third kappa shape index (κ3) is 11.2. The molecule has 15 nitrogen and oxygen atoms in total. The Labute approximate surface area is 361 Å². The summed E-state index contributed by atoms with van der Waals surface area (Å²) in [7, 11) is 5.14. The molecule has 0 aliphatic carbocycles. The van der Waals surface area contributed by atoms with Gasteiger partial charge >= 0.3 is 30.6 Å². The van der Waals surface area contributed by atoms with Gasteiger partial charge in [-0.05, 0) is 85.6 Å². The van der Waals surface area contributed by atoms with Crippen LogP contribution in [0.2, 0.25) is 0 Å². The van der Waals surface area contributed by atoms with Crippen LogP contribution in [-0.4, -0.2) is 135 Å². The number of aliphatic hydroxyl groups excluding tert-OH is 1. The molecule has 329 valence electrons. The van der Waals surface area contributed by atoms with Gasteiger partial charge in [-0.25, -0.2) is 14.0 Å². The van der Waals surface area contributed by atoms with E-state index in [9.17, 15) is 19.5 Å². The molecule has 4 rings (SSSR count). The summed E-state index contributed by atoms with van der Waals surface area (Å²) < 4.78 is 48.6. The summed E-state index contributed by atoms with van der Waals surface area (Å²) in [4.78, 5) is 44.8. The van der Waals surface area contributed by atoms with Crippen molar-refractivity contribution in [3.05, 3.63) is 43.3 Å². The zero-order chi connectivity index (χ0) is 43.2. The van der Waals surface area contributed by atoms with Crippen LogP contribution in [0.25, 0.3) is 11.3 Å². The SMILES string of the molecule is C[CH-]C[C@](C)(OC)[C@H](O[C@@H]1O[C@H](C)C[C@H](N(C)C)[C@H]1O)[C@@H](C)C(=O)[C@](C)(F)C(=O)O[C@H](CC)[C@@]1(C)OC(=O)N(CCCCn2cc(-c3cccc(N)c3)nn2)C1[CH-]C.[V+2]. The number of nitrogens with zero attached hydrogens (tertiary/aromatic N) is 5. The van der Waals surface area contributed by atoms with Crippen LogP contribution < -0.4 is 5.73 Å². The van der Waals surface area contributed by atoms with Crippen molar-refractivity contribution in [3.8, 4) is 11.3 Å². The van der Waals surface area contributed by atoms with E-state index in [1.165, 1.54) is 14.0 Å². The number of benzene rings is 1. The Bertz CT molecular complexity index is 1700. The number of aromatic nitrogens is 3. The molecule has 1 amide bonds. The summed E-state index contributed by atoms with van der Waals surface area (Å²) in [6.45, 7) is 13.8. The predicted octanol–water partition coefficient (Wildman–Crippen LogP) is 5.19. The minimum Gasteiger partial charge on any atom is -0.455 e. The predicted molar refractivity (Wildman–Crippen MR) is 216 cm³/mol. The molecule has 59 heavy (non-hydrogen) atoms. The van der Waals surface area contributed by atoms with Gasteiger partial charge in [0, 0.05) is 43.4 Å². The van der Waals surface area contributed by atoms with Crippen LogP contribution in [0.15, 0.2) is 30.5 Å². The third-order valence-corrected chi connectivity index (χ3v) is 11.7. The first-order chi connectivity index (χ1) is 27.3. The van der Waals surface area contributed by atoms with E-state index in [1.807, 2.05) is 63.7 Å². The number of ether oxygens (including phenoxy) is 5. The van der Waals surface area contributed by atoms with Gasteiger partial charge in [0.15, 0.2) is 12.1 Å². The van der Waals surface area contributed by atoms with Crippen molar-refractivity contribution in [1.82, 2.24) is 24.8 Å². The number of methoxy groups -OCH3 is 1. The number of ketones is 1. The number of nitrogen functional groups attached to an aromatic ring is 1. The number of nitrogens with two attached hydrogens (primary N) is 1. The molecule has 11 atom stereocenters. The molecule has 17 heteroatoms. The molecular weight excluding hydrogens is 802 g/mol. The monoisotopic (exact) mass is 867 g/mol. The molecule has 1 aromatic heterocycles. The van der Waals surface area contributed by atoms with E-state index in [4.69, 9.17) is 29.4 Å². The fourth-order valence-corrected chi connectivity index (χ4v) is 8.34. The van der Waals surface area contributed by atoms with Gasteiger partial charge in [-0.1, -0.05) is 31.2 Å². The van der Waals surface area contributed by atoms with Crippen molar-refractivity contribution in [2.75, 3.05) is 33.5 Å². The Morgan fingerprint density at radius 1 is 1.22 bits per heavy atom. The minimum absolute atomic E-state index is 0. The van der Waals surface area contributed by atoms with Gasteiger partial charge in [0.2, 0.25) is 0 Å². The van der Waals surface area contributed by atoms with Crippen LogP contribution in [0.1, 0.15) is 87.5 Å². The Morgan fingerprint density at radius 2 is 1.90 bits per heavy atom. The number of halogens is 1. The number of carbonyl (C=O) groups excluding carboxylic acids is 3. The topological polar surface area (TPSA) is 181 Å². The summed E-state index contributed by atoms with van der Waals surface area (Å²) in [5.41, 5.74) is 2.41. The van der Waals surface area contributed by atoms with Gasteiger partial charge in [-0.2, -0.15) is 13.8 Å². The number of Topliss-reactive ketones (excluding diaryl/α,β-unsaturated/α-hetero) is 1. The first-order valence-electron chi connectivity index (χ1n) is 20.3. The average Bonchev–Trinajstić information content (AvgIpc) is 3.75. The molecular formula is C42H65FN6O9V. The van der Waals surface area contributed by atoms with Crippen LogP contribution >= 0.6 is 0 Å². The Balaban J connectivity index is 0.00000930. The molecule has 1 unspecified atom stereocenters. The molecule has 3 heterocycles. The van der Waals surface area contributed by atoms with Crippen LogP contribution in [0.4, 0.5) is 14.9 Å². The zero-order valence-corrected chi connectivity index (χ0v) is 37.9. The summed E-state index contributed by atoms with van der Waals surface area (Å²) in [6.07, 6.45) is 2.36. The molecule has 1 radical (unpaired) electrons. The zero-order valence-electron chi connectivity index (χ0n) is 36.5. The van der Waals surface area contributed by atoms with Gasteiger partial charge < -0.3 is 57.2 Å². The van der Waals surface area contributed by atoms with Crippen LogP contribution in [0.5, 0.6) is 0 Å². The number of alkyl halides is 1. The van der Waals surface area contributed by atoms with E-state index in [2.05, 4.69) is 10.3 Å². The van der Waals surface area contributed by atoms with Crippen LogP contribution in [-0.2, 0) is 58.4 Å². The molecule has 1 aromatic carbocycles. The maximum Gasteiger partial charge on any atom is 2.00 e. The van der Waals surface area contributed by atoms with Crippen molar-refractivity contribution in [3.63, 3.8) is 0 Å². The summed E-state index contributed by atoms with van der Waals surface area (Å²) >= 11 is 0. The fraction of sp³-hybridized carbons (Fsp3) is 0.690. The smallest absolute Gasteiger partial charge is 0.455 e. The van der Waals surface area contributed by atoms with E-state index < -0.39 is 71.3 Å². The second kappa shape index (κ2) is 21.1. The second-order valence-electron chi connectivity index (χ2n) is 16.4. The average molecular weight is 868 g/mol. The quantitative estimate of drug-likeness (QED) is 0.0551. The third-order valence-electron chi connectivity index (χ3n) is 11.7. The molecule has 2 saturated heterocycles. The number of cyclic esters (lactones) is 1. The molecule has 2 aliphatic heterocycles. The number of aryl methyl sites for hydroxylation is 1. The van der Waals surface area contributed by atoms with Crippen molar-refractivity contribution in [2.45, 2.75) is 154 Å². The van der Waals surface area contributed by atoms with Crippen LogP contribution in [0.3, 0.4) is 0 Å². The number of likely N-dealkylation sites (N-methyl/N-ethyl adjacent to an activating group) is 1. The Kier molecular flexibility index (Phi) is 18.0. The molecule has 3 N–H and O–H groups in total. The summed E-state index contributed by atoms with van der Waals surface area (Å²) in [5.74, 6) is -3.78. The summed E-state index contributed by atoms with van der Waals surface area (Å²) in [6, 6.07) is 6.46. The number of hydrogen-bond acceptors (Lipinski definition) is 13. The van der Waals surface area contributed by atoms with E-state index in [1.54, 1.807) is 49.8 Å². The van der Waals surface area contributed by atoms with E-state index in [0.29, 0.717) is 50.2 Å². The number of hydrogen-bond donors (Lipinski definition) is 2. The van der Waals surface area contributed by atoms with Crippen molar-refractivity contribution < 1.29 is 66.1 Å². The molecule has 0 bridgehead atoms. The number of rotatable bonds is 21. The van der Waals surface area contributed by atoms with Gasteiger partial charge in [0.05, 0.1) is 24.0 Å². The van der Waals surface area contributed by atoms with E-state index in [-0.39, 0.29) is 37.1 Å². The Hall–Kier alpha value is -3.12. The minimum atomic E-state index is -3.14. The molecule has 2 aliphatic rings. The normalized spacial score (nSPS) is 26.9. The molecule has 0 saturated carbocycles. The molecule has 2 fully saturated rings. The maximum absolute atomic E-state index is 16.8. The van der Waals surface area contributed by atoms with Gasteiger partial charge in [-0.15, -0.1) is 11.5 Å². The molecule has 0 spiro atoms. The number of anilines is 1.